The lowest BCUT2D eigenvalue weighted by molar-refractivity contribution is 0.396. The van der Waals surface area contributed by atoms with Crippen molar-refractivity contribution in [2.75, 3.05) is 32.4 Å². The summed E-state index contributed by atoms with van der Waals surface area (Å²) in [4.78, 5) is 4.62. The number of guanidine groups is 1. The normalized spacial score (nSPS) is 18.5. The Hall–Kier alpha value is -0.810. The molecule has 0 aliphatic carbocycles. The molecule has 2 rings (SSSR count). The molecule has 1 aliphatic rings. The molecule has 1 aromatic rings. The van der Waals surface area contributed by atoms with Gasteiger partial charge in [0.15, 0.2) is 5.96 Å². The van der Waals surface area contributed by atoms with Crippen LogP contribution in [0.5, 0.6) is 0 Å². The lowest BCUT2D eigenvalue weighted by atomic mass is 10.2. The van der Waals surface area contributed by atoms with Crippen molar-refractivity contribution in [2.45, 2.75) is 45.1 Å². The summed E-state index contributed by atoms with van der Waals surface area (Å²) in [6, 6.07) is 3.79. The van der Waals surface area contributed by atoms with E-state index >= 15 is 0 Å². The van der Waals surface area contributed by atoms with Crippen molar-refractivity contribution < 1.29 is 12.8 Å². The first kappa shape index (κ1) is 23.2. The number of aliphatic imine (C=N–C) groups is 1. The van der Waals surface area contributed by atoms with Crippen molar-refractivity contribution in [1.82, 2.24) is 14.9 Å². The second-order valence-electron chi connectivity index (χ2n) is 6.40. The second kappa shape index (κ2) is 11.8. The maximum atomic E-state index is 11.8. The fourth-order valence-corrected chi connectivity index (χ4v) is 4.12. The molecule has 2 N–H and O–H groups in total. The monoisotopic (exact) mass is 498 g/mol. The van der Waals surface area contributed by atoms with Gasteiger partial charge in [-0.05, 0) is 31.4 Å². The molecule has 0 spiro atoms. The zero-order valence-corrected chi connectivity index (χ0v) is 18.8. The van der Waals surface area contributed by atoms with Gasteiger partial charge in [-0.15, -0.1) is 24.0 Å². The number of sulfonamides is 1. The van der Waals surface area contributed by atoms with Crippen molar-refractivity contribution in [2.24, 2.45) is 4.99 Å². The molecule has 0 amide bonds. The Morgan fingerprint density at radius 1 is 1.38 bits per heavy atom. The number of rotatable bonds is 9. The van der Waals surface area contributed by atoms with Crippen molar-refractivity contribution >= 4 is 40.0 Å². The molecule has 0 saturated carbocycles. The summed E-state index contributed by atoms with van der Waals surface area (Å²) in [5, 5.41) is 6.62. The fourth-order valence-electron chi connectivity index (χ4n) is 2.94. The Bertz CT molecular complexity index is 634. The summed E-state index contributed by atoms with van der Waals surface area (Å²) in [6.45, 7) is 4.79. The molecule has 1 aliphatic heterocycles. The van der Waals surface area contributed by atoms with Gasteiger partial charge in [-0.2, -0.15) is 4.31 Å². The number of unbranched alkanes of at least 4 members (excludes halogenated alkanes) is 1. The van der Waals surface area contributed by atoms with E-state index in [-0.39, 0.29) is 30.0 Å². The van der Waals surface area contributed by atoms with Crippen molar-refractivity contribution in [3.05, 3.63) is 24.2 Å². The Morgan fingerprint density at radius 2 is 2.15 bits per heavy atom. The Balaban J connectivity index is 0.00000338. The molecule has 0 radical (unpaired) electrons. The van der Waals surface area contributed by atoms with Gasteiger partial charge in [0, 0.05) is 32.1 Å². The highest BCUT2D eigenvalue weighted by atomic mass is 127. The molecule has 0 unspecified atom stereocenters. The third kappa shape index (κ3) is 7.83. The van der Waals surface area contributed by atoms with Crippen LogP contribution in [0, 0.1) is 0 Å². The van der Waals surface area contributed by atoms with E-state index < -0.39 is 10.0 Å². The van der Waals surface area contributed by atoms with Gasteiger partial charge in [-0.3, -0.25) is 4.99 Å². The van der Waals surface area contributed by atoms with Crippen LogP contribution >= 0.6 is 24.0 Å². The number of hydrogen-bond donors (Lipinski definition) is 2. The summed E-state index contributed by atoms with van der Waals surface area (Å²) >= 11 is 0. The first-order valence-electron chi connectivity index (χ1n) is 9.02. The maximum Gasteiger partial charge on any atom is 0.211 e. The SMILES string of the molecule is CCCCNC(=NC[C@H]1CCCN1S(C)(=O)=O)NCCc1ccco1.I. The molecule has 1 fully saturated rings. The maximum absolute atomic E-state index is 11.8. The van der Waals surface area contributed by atoms with Crippen LogP contribution in [0.2, 0.25) is 0 Å². The molecular formula is C17H31IN4O3S. The average molecular weight is 498 g/mol. The van der Waals surface area contributed by atoms with E-state index in [2.05, 4.69) is 22.5 Å². The van der Waals surface area contributed by atoms with Gasteiger partial charge in [-0.25, -0.2) is 8.42 Å². The van der Waals surface area contributed by atoms with Gasteiger partial charge in [0.25, 0.3) is 0 Å². The lowest BCUT2D eigenvalue weighted by Crippen LogP contribution is -2.41. The van der Waals surface area contributed by atoms with E-state index in [1.165, 1.54) is 6.26 Å². The van der Waals surface area contributed by atoms with Gasteiger partial charge in [0.1, 0.15) is 5.76 Å². The van der Waals surface area contributed by atoms with E-state index in [1.54, 1.807) is 10.6 Å². The minimum Gasteiger partial charge on any atom is -0.469 e. The van der Waals surface area contributed by atoms with E-state index in [1.807, 2.05) is 12.1 Å². The molecule has 26 heavy (non-hydrogen) atoms. The van der Waals surface area contributed by atoms with Crippen LogP contribution in [-0.4, -0.2) is 57.2 Å². The lowest BCUT2D eigenvalue weighted by Gasteiger charge is -2.21. The van der Waals surface area contributed by atoms with E-state index in [0.717, 1.165) is 50.4 Å². The second-order valence-corrected chi connectivity index (χ2v) is 8.33. The van der Waals surface area contributed by atoms with Gasteiger partial charge < -0.3 is 15.1 Å². The molecule has 150 valence electrons. The van der Waals surface area contributed by atoms with Crippen molar-refractivity contribution in [1.29, 1.82) is 0 Å². The van der Waals surface area contributed by atoms with Gasteiger partial charge in [-0.1, -0.05) is 13.3 Å². The molecule has 0 bridgehead atoms. The van der Waals surface area contributed by atoms with Gasteiger partial charge in [0.2, 0.25) is 10.0 Å². The third-order valence-corrected chi connectivity index (χ3v) is 5.61. The molecule has 0 aromatic carbocycles. The van der Waals surface area contributed by atoms with E-state index in [9.17, 15) is 8.42 Å². The standard InChI is InChI=1S/C17H30N4O3S.HI/c1-3-4-10-18-17(19-11-9-16-8-6-13-24-16)20-14-15-7-5-12-21(15)25(2,22)23;/h6,8,13,15H,3-5,7,9-12,14H2,1-2H3,(H2,18,19,20);1H/t15-;/m1./s1. The Labute approximate surface area is 174 Å². The number of furan rings is 1. The minimum atomic E-state index is -3.16. The number of hydrogen-bond acceptors (Lipinski definition) is 4. The summed E-state index contributed by atoms with van der Waals surface area (Å²) in [5.74, 6) is 1.67. The minimum absolute atomic E-state index is 0. The Kier molecular flexibility index (Phi) is 10.6. The first-order chi connectivity index (χ1) is 12.0. The van der Waals surface area contributed by atoms with Crippen LogP contribution in [0.3, 0.4) is 0 Å². The summed E-state index contributed by atoms with van der Waals surface area (Å²) in [5.41, 5.74) is 0. The molecule has 9 heteroatoms. The van der Waals surface area contributed by atoms with Crippen LogP contribution in [-0.2, 0) is 16.4 Å². The highest BCUT2D eigenvalue weighted by Gasteiger charge is 2.31. The van der Waals surface area contributed by atoms with Crippen LogP contribution in [0.15, 0.2) is 27.8 Å². The molecule has 7 nitrogen and oxygen atoms in total. The zero-order valence-electron chi connectivity index (χ0n) is 15.6. The largest absolute Gasteiger partial charge is 0.469 e. The highest BCUT2D eigenvalue weighted by Crippen LogP contribution is 2.20. The average Bonchev–Trinajstić information content (AvgIpc) is 3.23. The summed E-state index contributed by atoms with van der Waals surface area (Å²) in [7, 11) is -3.16. The predicted molar refractivity (Wildman–Crippen MR) is 116 cm³/mol. The van der Waals surface area contributed by atoms with Gasteiger partial charge >= 0.3 is 0 Å². The Morgan fingerprint density at radius 3 is 2.81 bits per heavy atom. The number of nitrogens with one attached hydrogen (secondary N) is 2. The predicted octanol–water partition coefficient (Wildman–Crippen LogP) is 2.20. The molecule has 1 saturated heterocycles. The van der Waals surface area contributed by atoms with Crippen LogP contribution in [0.4, 0.5) is 0 Å². The molecular weight excluding hydrogens is 467 g/mol. The zero-order chi connectivity index (χ0) is 18.1. The van der Waals surface area contributed by atoms with Crippen molar-refractivity contribution in [3.8, 4) is 0 Å². The molecule has 1 atom stereocenters. The van der Waals surface area contributed by atoms with Crippen LogP contribution in [0.1, 0.15) is 38.4 Å². The van der Waals surface area contributed by atoms with E-state index in [4.69, 9.17) is 4.42 Å². The van der Waals surface area contributed by atoms with Gasteiger partial charge in [0.05, 0.1) is 19.1 Å². The fraction of sp³-hybridized carbons (Fsp3) is 0.706. The van der Waals surface area contributed by atoms with Crippen molar-refractivity contribution in [3.63, 3.8) is 0 Å². The number of nitrogens with zero attached hydrogens (tertiary/aromatic N) is 2. The smallest absolute Gasteiger partial charge is 0.211 e. The topological polar surface area (TPSA) is 86.9 Å². The third-order valence-electron chi connectivity index (χ3n) is 4.28. The first-order valence-corrected chi connectivity index (χ1v) is 10.9. The van der Waals surface area contributed by atoms with Crippen LogP contribution in [0.25, 0.3) is 0 Å². The van der Waals surface area contributed by atoms with E-state index in [0.29, 0.717) is 19.6 Å². The van der Waals surface area contributed by atoms with Crippen LogP contribution < -0.4 is 10.6 Å². The quantitative estimate of drug-likeness (QED) is 0.236. The number of halogens is 1. The highest BCUT2D eigenvalue weighted by molar-refractivity contribution is 14.0. The molecule has 2 heterocycles. The summed E-state index contributed by atoms with van der Waals surface area (Å²) in [6.07, 6.45) is 7.67. The molecule has 1 aromatic heterocycles. The summed E-state index contributed by atoms with van der Waals surface area (Å²) < 4.78 is 30.6.